The van der Waals surface area contributed by atoms with E-state index in [1.54, 1.807) is 9.80 Å². The highest BCUT2D eigenvalue weighted by molar-refractivity contribution is 5.94. The van der Waals surface area contributed by atoms with E-state index >= 15 is 0 Å². The molecule has 0 aliphatic carbocycles. The second kappa shape index (κ2) is 9.23. The Morgan fingerprint density at radius 1 is 1.11 bits per heavy atom. The Labute approximate surface area is 163 Å². The molecule has 0 unspecified atom stereocenters. The number of hydrogen-bond acceptors (Lipinski definition) is 3. The van der Waals surface area contributed by atoms with E-state index in [1.165, 1.54) is 12.1 Å². The minimum absolute atomic E-state index is 0.0213. The quantitative estimate of drug-likeness (QED) is 0.694. The van der Waals surface area contributed by atoms with Gasteiger partial charge in [0, 0.05) is 44.8 Å². The molecule has 0 N–H and O–H groups in total. The smallest absolute Gasteiger partial charge is 0.338 e. The van der Waals surface area contributed by atoms with Crippen molar-refractivity contribution in [1.82, 2.24) is 14.7 Å². The molecule has 0 aromatic heterocycles. The number of piperazine rings is 1. The number of carbonyl (C=O) groups is 2. The van der Waals surface area contributed by atoms with Gasteiger partial charge in [0.25, 0.3) is 5.91 Å². The van der Waals surface area contributed by atoms with Crippen LogP contribution in [0.25, 0.3) is 0 Å². The van der Waals surface area contributed by atoms with Crippen molar-refractivity contribution >= 4 is 11.8 Å². The molecular formula is C20H26F3N3O2. The average molecular weight is 397 g/mol. The van der Waals surface area contributed by atoms with Gasteiger partial charge in [-0.15, -0.1) is 0 Å². The topological polar surface area (TPSA) is 43.9 Å². The van der Waals surface area contributed by atoms with Gasteiger partial charge in [-0.2, -0.15) is 13.2 Å². The third kappa shape index (κ3) is 5.82. The fraction of sp³-hybridized carbons (Fsp3) is 0.500. The molecule has 1 aromatic rings. The first kappa shape index (κ1) is 21.9. The summed E-state index contributed by atoms with van der Waals surface area (Å²) >= 11 is 0. The van der Waals surface area contributed by atoms with E-state index < -0.39 is 11.7 Å². The zero-order chi connectivity index (χ0) is 20.9. The van der Waals surface area contributed by atoms with Gasteiger partial charge in [-0.25, -0.2) is 0 Å². The lowest BCUT2D eigenvalue weighted by atomic mass is 10.1. The van der Waals surface area contributed by atoms with Crippen molar-refractivity contribution in [3.63, 3.8) is 0 Å². The van der Waals surface area contributed by atoms with Gasteiger partial charge in [-0.3, -0.25) is 14.5 Å². The van der Waals surface area contributed by atoms with Crippen LogP contribution in [0.1, 0.15) is 29.8 Å². The number of amides is 2. The number of hydrogen-bond donors (Lipinski definition) is 0. The van der Waals surface area contributed by atoms with Gasteiger partial charge in [0.15, 0.2) is 0 Å². The molecule has 1 saturated heterocycles. The van der Waals surface area contributed by atoms with Crippen LogP contribution in [0, 0.1) is 0 Å². The third-order valence-corrected chi connectivity index (χ3v) is 4.67. The highest BCUT2D eigenvalue weighted by Gasteiger charge is 2.31. The summed E-state index contributed by atoms with van der Waals surface area (Å²) in [7, 11) is 0. The number of rotatable bonds is 6. The van der Waals surface area contributed by atoms with E-state index in [9.17, 15) is 22.8 Å². The molecule has 1 aromatic carbocycles. The van der Waals surface area contributed by atoms with Gasteiger partial charge in [0.2, 0.25) is 5.91 Å². The lowest BCUT2D eigenvalue weighted by molar-refractivity contribution is -0.137. The molecule has 1 fully saturated rings. The molecule has 2 amide bonds. The SMILES string of the molecule is C=C(C)CN(CC)C(=O)CN1CCN(C(=O)c2ccc(C(F)(F)F)cc2)CC1. The average Bonchev–Trinajstić information content (AvgIpc) is 2.65. The van der Waals surface area contributed by atoms with Crippen LogP contribution in [0.15, 0.2) is 36.4 Å². The molecule has 1 aliphatic rings. The molecule has 0 atom stereocenters. The summed E-state index contributed by atoms with van der Waals surface area (Å²) in [5.41, 5.74) is 0.376. The van der Waals surface area contributed by atoms with Gasteiger partial charge < -0.3 is 9.80 Å². The molecular weight excluding hydrogens is 371 g/mol. The van der Waals surface area contributed by atoms with E-state index in [0.29, 0.717) is 39.3 Å². The molecule has 5 nitrogen and oxygen atoms in total. The lowest BCUT2D eigenvalue weighted by Gasteiger charge is -2.35. The maximum Gasteiger partial charge on any atom is 0.416 e. The van der Waals surface area contributed by atoms with Crippen molar-refractivity contribution in [3.05, 3.63) is 47.5 Å². The zero-order valence-corrected chi connectivity index (χ0v) is 16.3. The summed E-state index contributed by atoms with van der Waals surface area (Å²) in [4.78, 5) is 30.2. The van der Waals surface area contributed by atoms with Gasteiger partial charge in [-0.05, 0) is 38.1 Å². The maximum absolute atomic E-state index is 12.6. The fourth-order valence-corrected chi connectivity index (χ4v) is 3.09. The largest absolute Gasteiger partial charge is 0.416 e. The molecule has 0 saturated carbocycles. The molecule has 8 heteroatoms. The van der Waals surface area contributed by atoms with Crippen molar-refractivity contribution in [3.8, 4) is 0 Å². The summed E-state index contributed by atoms with van der Waals surface area (Å²) in [6, 6.07) is 4.25. The fourth-order valence-electron chi connectivity index (χ4n) is 3.09. The Bertz CT molecular complexity index is 708. The van der Waals surface area contributed by atoms with E-state index in [-0.39, 0.29) is 23.9 Å². The van der Waals surface area contributed by atoms with Crippen molar-refractivity contribution in [2.75, 3.05) is 45.8 Å². The van der Waals surface area contributed by atoms with Crippen LogP contribution in [0.2, 0.25) is 0 Å². The van der Waals surface area contributed by atoms with Gasteiger partial charge in [0.1, 0.15) is 0 Å². The van der Waals surface area contributed by atoms with E-state index in [4.69, 9.17) is 0 Å². The molecule has 1 heterocycles. The molecule has 1 aliphatic heterocycles. The Hall–Kier alpha value is -2.35. The van der Waals surface area contributed by atoms with Crippen LogP contribution in [-0.2, 0) is 11.0 Å². The van der Waals surface area contributed by atoms with Crippen LogP contribution < -0.4 is 0 Å². The Balaban J connectivity index is 1.88. The highest BCUT2D eigenvalue weighted by atomic mass is 19.4. The number of nitrogens with zero attached hydrogens (tertiary/aromatic N) is 3. The van der Waals surface area contributed by atoms with E-state index in [0.717, 1.165) is 17.7 Å². The van der Waals surface area contributed by atoms with Gasteiger partial charge in [-0.1, -0.05) is 12.2 Å². The van der Waals surface area contributed by atoms with Crippen LogP contribution in [-0.4, -0.2) is 72.3 Å². The summed E-state index contributed by atoms with van der Waals surface area (Å²) in [6.45, 7) is 11.0. The maximum atomic E-state index is 12.6. The predicted molar refractivity (Wildman–Crippen MR) is 101 cm³/mol. The van der Waals surface area contributed by atoms with E-state index in [1.807, 2.05) is 18.7 Å². The van der Waals surface area contributed by atoms with Gasteiger partial charge in [0.05, 0.1) is 12.1 Å². The number of carbonyl (C=O) groups excluding carboxylic acids is 2. The molecule has 0 radical (unpaired) electrons. The monoisotopic (exact) mass is 397 g/mol. The summed E-state index contributed by atoms with van der Waals surface area (Å²) < 4.78 is 37.9. The molecule has 0 spiro atoms. The normalized spacial score (nSPS) is 15.4. The molecule has 2 rings (SSSR count). The standard InChI is InChI=1S/C20H26F3N3O2/c1-4-25(13-15(2)3)18(27)14-24-9-11-26(12-10-24)19(28)16-5-7-17(8-6-16)20(21,22)23/h5-8H,2,4,9-14H2,1,3H3. The number of halogens is 3. The van der Waals surface area contributed by atoms with Crippen molar-refractivity contribution in [2.45, 2.75) is 20.0 Å². The van der Waals surface area contributed by atoms with Crippen molar-refractivity contribution < 1.29 is 22.8 Å². The number of alkyl halides is 3. The zero-order valence-electron chi connectivity index (χ0n) is 16.3. The van der Waals surface area contributed by atoms with E-state index in [2.05, 4.69) is 6.58 Å². The first-order valence-corrected chi connectivity index (χ1v) is 9.23. The Kier molecular flexibility index (Phi) is 7.23. The van der Waals surface area contributed by atoms with Gasteiger partial charge >= 0.3 is 6.18 Å². The predicted octanol–water partition coefficient (Wildman–Crippen LogP) is 2.89. The minimum Gasteiger partial charge on any atom is -0.338 e. The Morgan fingerprint density at radius 3 is 2.14 bits per heavy atom. The molecule has 28 heavy (non-hydrogen) atoms. The highest BCUT2D eigenvalue weighted by Crippen LogP contribution is 2.29. The minimum atomic E-state index is -4.42. The second-order valence-corrected chi connectivity index (χ2v) is 7.01. The van der Waals surface area contributed by atoms with Crippen LogP contribution in [0.3, 0.4) is 0 Å². The first-order chi connectivity index (χ1) is 13.1. The summed E-state index contributed by atoms with van der Waals surface area (Å²) in [6.07, 6.45) is -4.42. The first-order valence-electron chi connectivity index (χ1n) is 9.23. The van der Waals surface area contributed by atoms with Crippen LogP contribution >= 0.6 is 0 Å². The lowest BCUT2D eigenvalue weighted by Crippen LogP contribution is -2.51. The Morgan fingerprint density at radius 2 is 1.68 bits per heavy atom. The van der Waals surface area contributed by atoms with Crippen molar-refractivity contribution in [2.24, 2.45) is 0 Å². The number of benzene rings is 1. The molecule has 0 bridgehead atoms. The summed E-state index contributed by atoms with van der Waals surface area (Å²) in [5, 5.41) is 0. The molecule has 154 valence electrons. The second-order valence-electron chi connectivity index (χ2n) is 7.01. The van der Waals surface area contributed by atoms with Crippen molar-refractivity contribution in [1.29, 1.82) is 0 Å². The van der Waals surface area contributed by atoms with Crippen LogP contribution in [0.5, 0.6) is 0 Å². The van der Waals surface area contributed by atoms with Crippen LogP contribution in [0.4, 0.5) is 13.2 Å². The summed E-state index contributed by atoms with van der Waals surface area (Å²) in [5.74, 6) is -0.273. The third-order valence-electron chi connectivity index (χ3n) is 4.67. The number of likely N-dealkylation sites (N-methyl/N-ethyl adjacent to an activating group) is 1.